The minimum atomic E-state index is -4.93. The van der Waals surface area contributed by atoms with Gasteiger partial charge in [0.2, 0.25) is 5.91 Å². The number of likely N-dealkylation sites (tertiary alicyclic amines) is 1. The van der Waals surface area contributed by atoms with Crippen molar-refractivity contribution in [2.24, 2.45) is 0 Å². The van der Waals surface area contributed by atoms with Crippen LogP contribution in [0.25, 0.3) is 22.5 Å². The maximum Gasteiger partial charge on any atom is 1.00 e. The summed E-state index contributed by atoms with van der Waals surface area (Å²) in [4.78, 5) is 41.5. The van der Waals surface area contributed by atoms with E-state index in [1.807, 2.05) is 18.2 Å². The fourth-order valence-electron chi connectivity index (χ4n) is 3.81. The van der Waals surface area contributed by atoms with Gasteiger partial charge in [-0.15, -0.1) is 0 Å². The summed E-state index contributed by atoms with van der Waals surface area (Å²) in [6.45, 7) is 0.124. The Labute approximate surface area is 217 Å². The molecule has 1 fully saturated rings. The standard InChI is InChI=1S/C20H21ClN5O5P.Na/c21-15-3-1-13(2-4-15)19-18(16-5-8-22-12-23-16)20(25-24-19)14-6-9-26(10-7-14)17(27)11-31-32(28,29)30;/h1-5,8,12,14H,6-7,9-11H2,(H,24,25)(H2,28,29,30);/q;+1/p-1. The van der Waals surface area contributed by atoms with Crippen molar-refractivity contribution in [1.82, 2.24) is 25.1 Å². The molecule has 1 aromatic carbocycles. The molecule has 1 aliphatic rings. The van der Waals surface area contributed by atoms with Gasteiger partial charge in [-0.2, -0.15) is 5.10 Å². The van der Waals surface area contributed by atoms with E-state index in [0.29, 0.717) is 31.0 Å². The molecule has 0 radical (unpaired) electrons. The number of carbonyl (C=O) groups excluding carboxylic acids is 1. The van der Waals surface area contributed by atoms with Crippen LogP contribution in [0.2, 0.25) is 5.02 Å². The zero-order valence-electron chi connectivity index (χ0n) is 17.8. The number of carbonyl (C=O) groups is 1. The third-order valence-corrected chi connectivity index (χ3v) is 6.06. The second-order valence-electron chi connectivity index (χ2n) is 7.36. The summed E-state index contributed by atoms with van der Waals surface area (Å²) >= 11 is 6.03. The second kappa shape index (κ2) is 11.2. The number of aromatic amines is 1. The Kier molecular flexibility index (Phi) is 8.82. The van der Waals surface area contributed by atoms with Gasteiger partial charge in [0.05, 0.1) is 5.69 Å². The number of rotatable bonds is 6. The third-order valence-electron chi connectivity index (χ3n) is 5.36. The van der Waals surface area contributed by atoms with E-state index in [1.54, 1.807) is 18.3 Å². The Morgan fingerprint density at radius 1 is 1.27 bits per heavy atom. The van der Waals surface area contributed by atoms with Crippen molar-refractivity contribution in [2.45, 2.75) is 18.8 Å². The van der Waals surface area contributed by atoms with E-state index in [0.717, 1.165) is 28.2 Å². The fourth-order valence-corrected chi connectivity index (χ4v) is 4.21. The molecule has 0 spiro atoms. The number of aromatic nitrogens is 4. The molecule has 1 aliphatic heterocycles. The number of H-pyrrole nitrogens is 1. The van der Waals surface area contributed by atoms with Crippen LogP contribution < -0.4 is 34.5 Å². The Morgan fingerprint density at radius 3 is 2.58 bits per heavy atom. The molecule has 1 unspecified atom stereocenters. The fraction of sp³-hybridized carbons (Fsp3) is 0.300. The van der Waals surface area contributed by atoms with Crippen molar-refractivity contribution in [1.29, 1.82) is 0 Å². The molecular weight excluding hydrogens is 480 g/mol. The number of hydrogen-bond donors (Lipinski definition) is 2. The minimum absolute atomic E-state index is 0. The molecule has 0 saturated carbocycles. The largest absolute Gasteiger partial charge is 1.00 e. The molecule has 1 saturated heterocycles. The van der Waals surface area contributed by atoms with Gasteiger partial charge in [-0.3, -0.25) is 14.5 Å². The van der Waals surface area contributed by atoms with Gasteiger partial charge >= 0.3 is 29.6 Å². The molecule has 2 N–H and O–H groups in total. The summed E-state index contributed by atoms with van der Waals surface area (Å²) in [5.41, 5.74) is 4.15. The average Bonchev–Trinajstić information content (AvgIpc) is 3.23. The molecule has 1 atom stereocenters. The Balaban J connectivity index is 0.00000306. The van der Waals surface area contributed by atoms with Crippen LogP contribution in [-0.4, -0.2) is 55.6 Å². The molecule has 3 heterocycles. The van der Waals surface area contributed by atoms with E-state index >= 15 is 0 Å². The van der Waals surface area contributed by atoms with Crippen LogP contribution in [0.15, 0.2) is 42.9 Å². The van der Waals surface area contributed by atoms with Gasteiger partial charge in [-0.25, -0.2) is 9.97 Å². The molecule has 10 nitrogen and oxygen atoms in total. The second-order valence-corrected chi connectivity index (χ2v) is 8.99. The first-order chi connectivity index (χ1) is 15.3. The molecule has 1 amide bonds. The van der Waals surface area contributed by atoms with Crippen molar-refractivity contribution in [3.63, 3.8) is 0 Å². The first kappa shape index (κ1) is 26.0. The van der Waals surface area contributed by atoms with Gasteiger partial charge in [0.1, 0.15) is 18.6 Å². The molecule has 2 aromatic heterocycles. The van der Waals surface area contributed by atoms with Gasteiger partial charge in [-0.1, -0.05) is 23.7 Å². The van der Waals surface area contributed by atoms with Crippen LogP contribution in [-0.2, 0) is 13.9 Å². The summed E-state index contributed by atoms with van der Waals surface area (Å²) in [6, 6.07) is 9.21. The first-order valence-electron chi connectivity index (χ1n) is 9.88. The van der Waals surface area contributed by atoms with Gasteiger partial charge in [0.25, 0.3) is 7.82 Å². The maximum atomic E-state index is 12.2. The van der Waals surface area contributed by atoms with Crippen LogP contribution in [0.3, 0.4) is 0 Å². The predicted molar refractivity (Wildman–Crippen MR) is 114 cm³/mol. The van der Waals surface area contributed by atoms with Crippen molar-refractivity contribution >= 4 is 25.3 Å². The number of benzene rings is 1. The van der Waals surface area contributed by atoms with E-state index in [9.17, 15) is 14.3 Å². The van der Waals surface area contributed by atoms with Crippen molar-refractivity contribution < 1.29 is 53.2 Å². The molecule has 4 rings (SSSR count). The van der Waals surface area contributed by atoms with Gasteiger partial charge in [0, 0.05) is 47.0 Å². The third kappa shape index (κ3) is 6.49. The number of amides is 1. The molecule has 3 aromatic rings. The summed E-state index contributed by atoms with van der Waals surface area (Å²) in [6.07, 6.45) is 4.43. The topological polar surface area (TPSA) is 144 Å². The molecule has 13 heteroatoms. The van der Waals surface area contributed by atoms with Crippen LogP contribution >= 0.6 is 19.4 Å². The molecular formula is C20H20ClN5NaO5P. The Morgan fingerprint density at radius 2 is 1.97 bits per heavy atom. The monoisotopic (exact) mass is 499 g/mol. The van der Waals surface area contributed by atoms with Crippen LogP contribution in [0.5, 0.6) is 0 Å². The van der Waals surface area contributed by atoms with E-state index in [-0.39, 0.29) is 35.5 Å². The number of phosphoric acid groups is 1. The average molecular weight is 500 g/mol. The summed E-state index contributed by atoms with van der Waals surface area (Å²) < 4.78 is 14.9. The van der Waals surface area contributed by atoms with Crippen molar-refractivity contribution in [3.05, 3.63) is 53.6 Å². The maximum absolute atomic E-state index is 12.2. The molecule has 168 valence electrons. The van der Waals surface area contributed by atoms with Gasteiger partial charge in [-0.05, 0) is 31.0 Å². The summed E-state index contributed by atoms with van der Waals surface area (Å²) in [5, 5.41) is 8.35. The number of nitrogens with one attached hydrogen (secondary N) is 1. The number of phosphoric ester groups is 1. The van der Waals surface area contributed by atoms with E-state index < -0.39 is 20.3 Å². The number of halogens is 1. The summed E-state index contributed by atoms with van der Waals surface area (Å²) in [5.74, 6) is -0.405. The van der Waals surface area contributed by atoms with E-state index in [4.69, 9.17) is 16.5 Å². The normalized spacial score (nSPS) is 16.2. The Bertz CT molecular complexity index is 1130. The van der Waals surface area contributed by atoms with Crippen molar-refractivity contribution in [3.8, 4) is 22.5 Å². The molecule has 0 aliphatic carbocycles. The first-order valence-corrected chi connectivity index (χ1v) is 11.8. The molecule has 0 bridgehead atoms. The number of nitrogens with zero attached hydrogens (tertiary/aromatic N) is 4. The predicted octanol–water partition coefficient (Wildman–Crippen LogP) is -0.626. The van der Waals surface area contributed by atoms with Gasteiger partial charge < -0.3 is 19.2 Å². The number of piperidine rings is 1. The van der Waals surface area contributed by atoms with Crippen LogP contribution in [0.4, 0.5) is 0 Å². The molecule has 33 heavy (non-hydrogen) atoms. The van der Waals surface area contributed by atoms with Crippen LogP contribution in [0, 0.1) is 0 Å². The van der Waals surface area contributed by atoms with E-state index in [2.05, 4.69) is 24.7 Å². The zero-order valence-corrected chi connectivity index (χ0v) is 21.5. The Hall–Kier alpha value is -1.62. The SMILES string of the molecule is O=C(COP(=O)([O-])O)N1CCC(c2[nH]nc(-c3ccc(Cl)cc3)c2-c2ccncn2)CC1.[Na+]. The van der Waals surface area contributed by atoms with E-state index in [1.165, 1.54) is 11.2 Å². The minimum Gasteiger partial charge on any atom is -0.756 e. The summed E-state index contributed by atoms with van der Waals surface area (Å²) in [7, 11) is -4.93. The number of hydrogen-bond acceptors (Lipinski definition) is 7. The van der Waals surface area contributed by atoms with Crippen molar-refractivity contribution in [2.75, 3.05) is 19.7 Å². The quantitative estimate of drug-likeness (QED) is 0.337. The zero-order chi connectivity index (χ0) is 22.7. The smallest absolute Gasteiger partial charge is 0.756 e. The van der Waals surface area contributed by atoms with Gasteiger partial charge in [0.15, 0.2) is 0 Å². The van der Waals surface area contributed by atoms with Crippen LogP contribution in [0.1, 0.15) is 24.5 Å².